The van der Waals surface area contributed by atoms with Crippen LogP contribution in [0.1, 0.15) is 25.8 Å². The summed E-state index contributed by atoms with van der Waals surface area (Å²) in [6, 6.07) is 7.62. The molecule has 1 aromatic rings. The first kappa shape index (κ1) is 16.0. The van der Waals surface area contributed by atoms with Crippen LogP contribution in [0.25, 0.3) is 0 Å². The molecule has 0 aliphatic rings. The van der Waals surface area contributed by atoms with Crippen LogP contribution in [0.5, 0.6) is 5.75 Å². The Labute approximate surface area is 119 Å². The number of hydrogen-bond donors (Lipinski definition) is 2. The molecule has 0 saturated heterocycles. The molecule has 0 fully saturated rings. The van der Waals surface area contributed by atoms with Gasteiger partial charge in [-0.3, -0.25) is 9.59 Å². The Kier molecular flexibility index (Phi) is 6.56. The number of rotatable bonds is 6. The Bertz CT molecular complexity index is 460. The van der Waals surface area contributed by atoms with Crippen molar-refractivity contribution in [3.63, 3.8) is 0 Å². The van der Waals surface area contributed by atoms with Crippen LogP contribution in [0.4, 0.5) is 0 Å². The molecule has 0 aliphatic heterocycles. The number of carbonyl (C=O) groups excluding carboxylic acids is 2. The summed E-state index contributed by atoms with van der Waals surface area (Å²) in [4.78, 5) is 23.1. The van der Waals surface area contributed by atoms with E-state index < -0.39 is 11.8 Å². The highest BCUT2D eigenvalue weighted by molar-refractivity contribution is 6.35. The highest BCUT2D eigenvalue weighted by atomic mass is 16.5. The Morgan fingerprint density at radius 1 is 1.30 bits per heavy atom. The van der Waals surface area contributed by atoms with Gasteiger partial charge in [-0.25, -0.2) is 0 Å². The van der Waals surface area contributed by atoms with E-state index in [0.29, 0.717) is 13.0 Å². The molecule has 0 heterocycles. The van der Waals surface area contributed by atoms with Gasteiger partial charge in [0.1, 0.15) is 5.75 Å². The van der Waals surface area contributed by atoms with E-state index in [2.05, 4.69) is 10.6 Å². The monoisotopic (exact) mass is 278 g/mol. The maximum Gasteiger partial charge on any atom is 0.309 e. The summed E-state index contributed by atoms with van der Waals surface area (Å²) in [6.45, 7) is 4.23. The largest absolute Gasteiger partial charge is 0.497 e. The minimum absolute atomic E-state index is 0.00614. The topological polar surface area (TPSA) is 67.4 Å². The van der Waals surface area contributed by atoms with Crippen LogP contribution >= 0.6 is 0 Å². The minimum atomic E-state index is -0.590. The van der Waals surface area contributed by atoms with Crippen molar-refractivity contribution in [2.24, 2.45) is 0 Å². The molecule has 1 aromatic carbocycles. The van der Waals surface area contributed by atoms with E-state index in [-0.39, 0.29) is 6.04 Å². The molecule has 0 radical (unpaired) electrons. The number of amides is 2. The van der Waals surface area contributed by atoms with E-state index in [1.54, 1.807) is 7.11 Å². The van der Waals surface area contributed by atoms with Crippen LogP contribution in [0, 0.1) is 0 Å². The van der Waals surface area contributed by atoms with Gasteiger partial charge in [-0.05, 0) is 37.5 Å². The van der Waals surface area contributed by atoms with E-state index in [9.17, 15) is 9.59 Å². The lowest BCUT2D eigenvalue weighted by atomic mass is 10.1. The van der Waals surface area contributed by atoms with Gasteiger partial charge in [0.15, 0.2) is 0 Å². The van der Waals surface area contributed by atoms with E-state index >= 15 is 0 Å². The number of carbonyl (C=O) groups is 2. The zero-order valence-electron chi connectivity index (χ0n) is 12.2. The lowest BCUT2D eigenvalue weighted by Crippen LogP contribution is -2.43. The lowest BCUT2D eigenvalue weighted by molar-refractivity contribution is -0.139. The molecule has 1 rings (SSSR count). The van der Waals surface area contributed by atoms with E-state index in [1.165, 1.54) is 0 Å². The SMILES string of the molecule is CCC(C)NC(=O)C(=O)NCCc1cccc(OC)c1. The van der Waals surface area contributed by atoms with Crippen molar-refractivity contribution in [1.29, 1.82) is 0 Å². The molecule has 110 valence electrons. The van der Waals surface area contributed by atoms with Gasteiger partial charge in [0.05, 0.1) is 7.11 Å². The predicted molar refractivity (Wildman–Crippen MR) is 77.6 cm³/mol. The van der Waals surface area contributed by atoms with Crippen molar-refractivity contribution in [2.75, 3.05) is 13.7 Å². The van der Waals surface area contributed by atoms with E-state index in [1.807, 2.05) is 38.1 Å². The maximum atomic E-state index is 11.6. The van der Waals surface area contributed by atoms with Gasteiger partial charge in [-0.1, -0.05) is 19.1 Å². The second-order valence-electron chi connectivity index (χ2n) is 4.64. The van der Waals surface area contributed by atoms with Crippen molar-refractivity contribution in [3.05, 3.63) is 29.8 Å². The van der Waals surface area contributed by atoms with Gasteiger partial charge in [-0.15, -0.1) is 0 Å². The molecule has 0 aliphatic carbocycles. The Balaban J connectivity index is 2.36. The molecular formula is C15H22N2O3. The fourth-order valence-corrected chi connectivity index (χ4v) is 1.62. The first-order chi connectivity index (χ1) is 9.56. The zero-order chi connectivity index (χ0) is 15.0. The molecule has 0 spiro atoms. The molecule has 20 heavy (non-hydrogen) atoms. The van der Waals surface area contributed by atoms with Crippen LogP contribution in [0.15, 0.2) is 24.3 Å². The van der Waals surface area contributed by atoms with Crippen molar-refractivity contribution in [2.45, 2.75) is 32.7 Å². The van der Waals surface area contributed by atoms with Crippen molar-refractivity contribution < 1.29 is 14.3 Å². The summed E-state index contributed by atoms with van der Waals surface area (Å²) in [7, 11) is 1.61. The molecule has 2 amide bonds. The molecule has 5 heteroatoms. The Hall–Kier alpha value is -2.04. The first-order valence-corrected chi connectivity index (χ1v) is 6.78. The van der Waals surface area contributed by atoms with E-state index in [4.69, 9.17) is 4.74 Å². The van der Waals surface area contributed by atoms with Crippen molar-refractivity contribution >= 4 is 11.8 Å². The first-order valence-electron chi connectivity index (χ1n) is 6.78. The predicted octanol–water partition coefficient (Wildman–Crippen LogP) is 1.27. The summed E-state index contributed by atoms with van der Waals surface area (Å²) < 4.78 is 5.13. The van der Waals surface area contributed by atoms with Crippen LogP contribution in [-0.2, 0) is 16.0 Å². The van der Waals surface area contributed by atoms with Crippen molar-refractivity contribution in [3.8, 4) is 5.75 Å². The maximum absolute atomic E-state index is 11.6. The van der Waals surface area contributed by atoms with Gasteiger partial charge in [0.25, 0.3) is 0 Å². The lowest BCUT2D eigenvalue weighted by Gasteiger charge is -2.11. The highest BCUT2D eigenvalue weighted by Gasteiger charge is 2.14. The average molecular weight is 278 g/mol. The van der Waals surface area contributed by atoms with Gasteiger partial charge < -0.3 is 15.4 Å². The molecule has 2 N–H and O–H groups in total. The number of nitrogens with one attached hydrogen (secondary N) is 2. The zero-order valence-corrected chi connectivity index (χ0v) is 12.2. The average Bonchev–Trinajstić information content (AvgIpc) is 2.47. The smallest absolute Gasteiger partial charge is 0.309 e. The summed E-state index contributed by atoms with van der Waals surface area (Å²) in [5.74, 6) is -0.387. The normalized spacial score (nSPS) is 11.6. The van der Waals surface area contributed by atoms with Gasteiger partial charge in [0, 0.05) is 12.6 Å². The number of methoxy groups -OCH3 is 1. The fourth-order valence-electron chi connectivity index (χ4n) is 1.62. The summed E-state index contributed by atoms with van der Waals surface area (Å²) in [5, 5.41) is 5.23. The Morgan fingerprint density at radius 2 is 2.05 bits per heavy atom. The van der Waals surface area contributed by atoms with Crippen molar-refractivity contribution in [1.82, 2.24) is 10.6 Å². The molecule has 1 unspecified atom stereocenters. The number of benzene rings is 1. The molecule has 0 bridgehead atoms. The second-order valence-corrected chi connectivity index (χ2v) is 4.64. The van der Waals surface area contributed by atoms with E-state index in [0.717, 1.165) is 17.7 Å². The third-order valence-electron chi connectivity index (χ3n) is 3.03. The van der Waals surface area contributed by atoms with Crippen LogP contribution < -0.4 is 15.4 Å². The molecule has 0 aromatic heterocycles. The van der Waals surface area contributed by atoms with Crippen LogP contribution in [0.2, 0.25) is 0 Å². The number of hydrogen-bond acceptors (Lipinski definition) is 3. The number of ether oxygens (including phenoxy) is 1. The molecule has 1 atom stereocenters. The third kappa shape index (κ3) is 5.30. The van der Waals surface area contributed by atoms with Gasteiger partial charge in [-0.2, -0.15) is 0 Å². The van der Waals surface area contributed by atoms with Gasteiger partial charge >= 0.3 is 11.8 Å². The standard InChI is InChI=1S/C15H22N2O3/c1-4-11(2)17-15(19)14(18)16-9-8-12-6-5-7-13(10-12)20-3/h5-7,10-11H,4,8-9H2,1-3H3,(H,16,18)(H,17,19). The third-order valence-corrected chi connectivity index (χ3v) is 3.03. The summed E-state index contributed by atoms with van der Waals surface area (Å²) in [5.41, 5.74) is 1.05. The highest BCUT2D eigenvalue weighted by Crippen LogP contribution is 2.12. The second kappa shape index (κ2) is 8.19. The minimum Gasteiger partial charge on any atom is -0.497 e. The molecule has 0 saturated carbocycles. The quantitative estimate of drug-likeness (QED) is 0.770. The Morgan fingerprint density at radius 3 is 2.70 bits per heavy atom. The van der Waals surface area contributed by atoms with Gasteiger partial charge in [0.2, 0.25) is 0 Å². The fraction of sp³-hybridized carbons (Fsp3) is 0.467. The molecular weight excluding hydrogens is 256 g/mol. The van der Waals surface area contributed by atoms with Crippen LogP contribution in [0.3, 0.4) is 0 Å². The van der Waals surface area contributed by atoms with Crippen LogP contribution in [-0.4, -0.2) is 31.5 Å². The summed E-state index contributed by atoms with van der Waals surface area (Å²) >= 11 is 0. The molecule has 5 nitrogen and oxygen atoms in total. The summed E-state index contributed by atoms with van der Waals surface area (Å²) in [6.07, 6.45) is 1.45.